The predicted octanol–water partition coefficient (Wildman–Crippen LogP) is 2.70. The van der Waals surface area contributed by atoms with Gasteiger partial charge in [-0.2, -0.15) is 0 Å². The van der Waals surface area contributed by atoms with Gasteiger partial charge in [0.25, 0.3) is 0 Å². The van der Waals surface area contributed by atoms with Crippen molar-refractivity contribution in [2.75, 3.05) is 0 Å². The van der Waals surface area contributed by atoms with Crippen molar-refractivity contribution in [2.24, 2.45) is 0 Å². The van der Waals surface area contributed by atoms with Crippen LogP contribution in [0.1, 0.15) is 52.9 Å². The zero-order valence-corrected chi connectivity index (χ0v) is 8.93. The van der Waals surface area contributed by atoms with Crippen molar-refractivity contribution >= 4 is 6.29 Å². The van der Waals surface area contributed by atoms with Crippen molar-refractivity contribution in [1.29, 1.82) is 0 Å². The Labute approximate surface area is 80.7 Å². The lowest BCUT2D eigenvalue weighted by molar-refractivity contribution is -0.160. The summed E-state index contributed by atoms with van der Waals surface area (Å²) in [6.07, 6.45) is 6.28. The molecule has 76 valence electrons. The average molecular weight is 184 g/mol. The molecule has 1 aliphatic rings. The molecule has 0 amide bonds. The van der Waals surface area contributed by atoms with Crippen LogP contribution in [0.4, 0.5) is 0 Å². The van der Waals surface area contributed by atoms with Crippen LogP contribution in [0.25, 0.3) is 0 Å². The molecule has 0 saturated heterocycles. The lowest BCUT2D eigenvalue weighted by Gasteiger charge is -2.37. The van der Waals surface area contributed by atoms with Crippen LogP contribution in [0, 0.1) is 0 Å². The highest BCUT2D eigenvalue weighted by Gasteiger charge is 2.36. The molecule has 0 unspecified atom stereocenters. The van der Waals surface area contributed by atoms with E-state index in [0.717, 1.165) is 32.0 Å². The predicted molar refractivity (Wildman–Crippen MR) is 52.7 cm³/mol. The summed E-state index contributed by atoms with van der Waals surface area (Å²) >= 11 is 0. The summed E-state index contributed by atoms with van der Waals surface area (Å²) in [5.41, 5.74) is -0.686. The minimum absolute atomic E-state index is 0.210. The van der Waals surface area contributed by atoms with Crippen LogP contribution in [-0.2, 0) is 9.53 Å². The Balaban J connectivity index is 2.63. The fourth-order valence-electron chi connectivity index (χ4n) is 2.00. The minimum atomic E-state index is -0.476. The van der Waals surface area contributed by atoms with Crippen LogP contribution in [0.15, 0.2) is 0 Å². The Bertz CT molecular complexity index is 173. The second-order valence-corrected chi connectivity index (χ2v) is 4.96. The molecule has 2 nitrogen and oxygen atoms in total. The van der Waals surface area contributed by atoms with E-state index in [1.807, 2.05) is 20.8 Å². The van der Waals surface area contributed by atoms with Gasteiger partial charge in [-0.3, -0.25) is 0 Å². The highest BCUT2D eigenvalue weighted by atomic mass is 16.5. The van der Waals surface area contributed by atoms with Gasteiger partial charge in [-0.05, 0) is 33.6 Å². The first-order valence-corrected chi connectivity index (χ1v) is 5.14. The molecule has 0 aliphatic heterocycles. The number of hydrogen-bond donors (Lipinski definition) is 0. The van der Waals surface area contributed by atoms with Gasteiger partial charge in [0.15, 0.2) is 6.29 Å². The summed E-state index contributed by atoms with van der Waals surface area (Å²) in [4.78, 5) is 11.0. The molecule has 0 bridgehead atoms. The fourth-order valence-corrected chi connectivity index (χ4v) is 2.00. The van der Waals surface area contributed by atoms with Gasteiger partial charge in [0.1, 0.15) is 5.60 Å². The third-order valence-corrected chi connectivity index (χ3v) is 2.42. The smallest absolute Gasteiger partial charge is 0.151 e. The Morgan fingerprint density at radius 2 is 1.69 bits per heavy atom. The molecule has 0 spiro atoms. The first-order chi connectivity index (χ1) is 5.97. The monoisotopic (exact) mass is 184 g/mol. The number of ether oxygens (including phenoxy) is 1. The van der Waals surface area contributed by atoms with E-state index in [0.29, 0.717) is 0 Å². The third kappa shape index (κ3) is 3.11. The van der Waals surface area contributed by atoms with Crippen LogP contribution < -0.4 is 0 Å². The molecule has 0 heterocycles. The van der Waals surface area contributed by atoms with Gasteiger partial charge in [-0.15, -0.1) is 0 Å². The maximum Gasteiger partial charge on any atom is 0.151 e. The SMILES string of the molecule is CC(C)(C)OC1(C=O)CCCCC1. The maximum atomic E-state index is 11.0. The van der Waals surface area contributed by atoms with E-state index in [1.54, 1.807) is 0 Å². The molecule has 0 aromatic carbocycles. The summed E-state index contributed by atoms with van der Waals surface area (Å²) in [5, 5.41) is 0. The molecule has 0 aromatic heterocycles. The molecule has 1 aliphatic carbocycles. The number of carbonyl (C=O) groups excluding carboxylic acids is 1. The van der Waals surface area contributed by atoms with Crippen molar-refractivity contribution in [3.63, 3.8) is 0 Å². The Hall–Kier alpha value is -0.370. The van der Waals surface area contributed by atoms with E-state index in [2.05, 4.69) is 0 Å². The molecule has 0 radical (unpaired) electrons. The topological polar surface area (TPSA) is 26.3 Å². The van der Waals surface area contributed by atoms with Gasteiger partial charge < -0.3 is 9.53 Å². The second-order valence-electron chi connectivity index (χ2n) is 4.96. The van der Waals surface area contributed by atoms with Gasteiger partial charge in [-0.1, -0.05) is 19.3 Å². The Kier molecular flexibility index (Phi) is 3.12. The molecule has 1 saturated carbocycles. The highest BCUT2D eigenvalue weighted by molar-refractivity contribution is 5.62. The summed E-state index contributed by atoms with van der Waals surface area (Å²) in [5.74, 6) is 0. The van der Waals surface area contributed by atoms with Gasteiger partial charge in [0.2, 0.25) is 0 Å². The second kappa shape index (κ2) is 3.79. The number of rotatable bonds is 2. The van der Waals surface area contributed by atoms with Crippen molar-refractivity contribution < 1.29 is 9.53 Å². The van der Waals surface area contributed by atoms with E-state index in [1.165, 1.54) is 6.42 Å². The third-order valence-electron chi connectivity index (χ3n) is 2.42. The van der Waals surface area contributed by atoms with Crippen LogP contribution in [0.2, 0.25) is 0 Å². The van der Waals surface area contributed by atoms with E-state index in [4.69, 9.17) is 4.74 Å². The summed E-state index contributed by atoms with van der Waals surface area (Å²) < 4.78 is 5.85. The van der Waals surface area contributed by atoms with Gasteiger partial charge in [0, 0.05) is 0 Å². The lowest BCUT2D eigenvalue weighted by atomic mass is 9.85. The Morgan fingerprint density at radius 1 is 1.15 bits per heavy atom. The fraction of sp³-hybridized carbons (Fsp3) is 0.909. The molecule has 0 N–H and O–H groups in total. The van der Waals surface area contributed by atoms with Gasteiger partial charge in [-0.25, -0.2) is 0 Å². The lowest BCUT2D eigenvalue weighted by Crippen LogP contribution is -2.43. The van der Waals surface area contributed by atoms with E-state index < -0.39 is 5.60 Å². The van der Waals surface area contributed by atoms with Crippen LogP contribution in [0.3, 0.4) is 0 Å². The molecule has 0 atom stereocenters. The first kappa shape index (κ1) is 10.7. The summed E-state index contributed by atoms with van der Waals surface area (Å²) in [7, 11) is 0. The summed E-state index contributed by atoms with van der Waals surface area (Å²) in [6.45, 7) is 6.02. The largest absolute Gasteiger partial charge is 0.362 e. The van der Waals surface area contributed by atoms with Crippen molar-refractivity contribution in [3.05, 3.63) is 0 Å². The average Bonchev–Trinajstić information content (AvgIpc) is 2.03. The summed E-state index contributed by atoms with van der Waals surface area (Å²) in [6, 6.07) is 0. The van der Waals surface area contributed by atoms with E-state index in [-0.39, 0.29) is 5.60 Å². The molecule has 1 fully saturated rings. The molecular formula is C11H20O2. The molecule has 2 heteroatoms. The van der Waals surface area contributed by atoms with E-state index >= 15 is 0 Å². The molecule has 13 heavy (non-hydrogen) atoms. The van der Waals surface area contributed by atoms with Gasteiger partial charge in [0.05, 0.1) is 5.60 Å². The van der Waals surface area contributed by atoms with Crippen LogP contribution >= 0.6 is 0 Å². The molecular weight excluding hydrogens is 164 g/mol. The molecule has 0 aromatic rings. The zero-order valence-electron chi connectivity index (χ0n) is 8.93. The zero-order chi connectivity index (χ0) is 9.95. The highest BCUT2D eigenvalue weighted by Crippen LogP contribution is 2.33. The first-order valence-electron chi connectivity index (χ1n) is 5.14. The van der Waals surface area contributed by atoms with Crippen LogP contribution in [0.5, 0.6) is 0 Å². The maximum absolute atomic E-state index is 11.0. The Morgan fingerprint density at radius 3 is 2.08 bits per heavy atom. The normalized spacial score (nSPS) is 22.7. The standard InChI is InChI=1S/C11H20O2/c1-10(2,3)13-11(9-12)7-5-4-6-8-11/h9H,4-8H2,1-3H3. The van der Waals surface area contributed by atoms with E-state index in [9.17, 15) is 4.79 Å². The number of aldehydes is 1. The van der Waals surface area contributed by atoms with Crippen LogP contribution in [-0.4, -0.2) is 17.5 Å². The number of carbonyl (C=O) groups is 1. The quantitative estimate of drug-likeness (QED) is 0.617. The van der Waals surface area contributed by atoms with Gasteiger partial charge >= 0.3 is 0 Å². The van der Waals surface area contributed by atoms with Crippen molar-refractivity contribution in [1.82, 2.24) is 0 Å². The van der Waals surface area contributed by atoms with Crippen molar-refractivity contribution in [3.8, 4) is 0 Å². The minimum Gasteiger partial charge on any atom is -0.362 e. The van der Waals surface area contributed by atoms with Crippen molar-refractivity contribution in [2.45, 2.75) is 64.1 Å². The number of hydrogen-bond acceptors (Lipinski definition) is 2. The molecule has 1 rings (SSSR count).